The van der Waals surface area contributed by atoms with Gasteiger partial charge < -0.3 is 15.2 Å². The van der Waals surface area contributed by atoms with Gasteiger partial charge in [-0.25, -0.2) is 0 Å². The summed E-state index contributed by atoms with van der Waals surface area (Å²) in [6.07, 6.45) is 8.81. The van der Waals surface area contributed by atoms with Crippen LogP contribution in [0.3, 0.4) is 0 Å². The second-order valence-corrected chi connectivity index (χ2v) is 6.48. The van der Waals surface area contributed by atoms with Gasteiger partial charge >= 0.3 is 0 Å². The lowest BCUT2D eigenvalue weighted by atomic mass is 9.81. The van der Waals surface area contributed by atoms with Crippen LogP contribution in [-0.4, -0.2) is 31.5 Å². The predicted octanol–water partition coefficient (Wildman–Crippen LogP) is 3.50. The van der Waals surface area contributed by atoms with Gasteiger partial charge in [-0.05, 0) is 52.4 Å². The summed E-state index contributed by atoms with van der Waals surface area (Å²) in [7, 11) is 1.77. The van der Waals surface area contributed by atoms with Crippen LogP contribution in [-0.2, 0) is 9.47 Å². The van der Waals surface area contributed by atoms with E-state index in [0.717, 1.165) is 19.4 Å². The van der Waals surface area contributed by atoms with E-state index >= 15 is 0 Å². The topological polar surface area (TPSA) is 44.5 Å². The summed E-state index contributed by atoms with van der Waals surface area (Å²) in [5, 5.41) is 0. The molecular weight excluding hydrogens is 238 g/mol. The fourth-order valence-corrected chi connectivity index (χ4v) is 3.05. The smallest absolute Gasteiger partial charge is 0.0753 e. The van der Waals surface area contributed by atoms with Crippen LogP contribution >= 0.6 is 0 Å². The summed E-state index contributed by atoms with van der Waals surface area (Å²) in [4.78, 5) is 0. The summed E-state index contributed by atoms with van der Waals surface area (Å²) < 4.78 is 11.5. The molecule has 1 fully saturated rings. The molecule has 1 saturated carbocycles. The molecule has 19 heavy (non-hydrogen) atoms. The molecular formula is C16H33NO2. The first-order valence-corrected chi connectivity index (χ1v) is 7.92. The van der Waals surface area contributed by atoms with E-state index in [1.807, 2.05) is 0 Å². The lowest BCUT2D eigenvalue weighted by Gasteiger charge is -2.35. The van der Waals surface area contributed by atoms with Crippen LogP contribution in [0.15, 0.2) is 0 Å². The Morgan fingerprint density at radius 3 is 2.37 bits per heavy atom. The van der Waals surface area contributed by atoms with Crippen LogP contribution in [0, 0.1) is 5.92 Å². The molecule has 2 atom stereocenters. The van der Waals surface area contributed by atoms with E-state index in [1.165, 1.54) is 32.1 Å². The van der Waals surface area contributed by atoms with Crippen LogP contribution in [0.4, 0.5) is 0 Å². The van der Waals surface area contributed by atoms with E-state index in [-0.39, 0.29) is 17.7 Å². The molecule has 1 aliphatic carbocycles. The third-order valence-corrected chi connectivity index (χ3v) is 4.53. The fourth-order valence-electron chi connectivity index (χ4n) is 3.05. The van der Waals surface area contributed by atoms with Gasteiger partial charge in [0, 0.05) is 19.8 Å². The highest BCUT2D eigenvalue weighted by molar-refractivity contribution is 4.84. The van der Waals surface area contributed by atoms with Gasteiger partial charge in [0.1, 0.15) is 0 Å². The highest BCUT2D eigenvalue weighted by Gasteiger charge is 2.30. The Labute approximate surface area is 119 Å². The molecule has 0 heterocycles. The average Bonchev–Trinajstić information content (AvgIpc) is 2.43. The zero-order chi connectivity index (χ0) is 14.3. The van der Waals surface area contributed by atoms with Gasteiger partial charge in [0.2, 0.25) is 0 Å². The van der Waals surface area contributed by atoms with Gasteiger partial charge in [-0.15, -0.1) is 0 Å². The maximum atomic E-state index is 6.42. The molecule has 0 aromatic carbocycles. The highest BCUT2D eigenvalue weighted by atomic mass is 16.5. The van der Waals surface area contributed by atoms with Crippen LogP contribution in [0.5, 0.6) is 0 Å². The summed E-state index contributed by atoms with van der Waals surface area (Å²) in [5.74, 6) is 0.661. The van der Waals surface area contributed by atoms with Crippen molar-refractivity contribution in [1.82, 2.24) is 0 Å². The molecule has 2 N–H and O–H groups in total. The van der Waals surface area contributed by atoms with Crippen molar-refractivity contribution in [3.8, 4) is 0 Å². The molecule has 3 heteroatoms. The van der Waals surface area contributed by atoms with Crippen molar-refractivity contribution < 1.29 is 9.47 Å². The zero-order valence-electron chi connectivity index (χ0n) is 13.3. The Morgan fingerprint density at radius 2 is 1.84 bits per heavy atom. The molecule has 0 amide bonds. The summed E-state index contributed by atoms with van der Waals surface area (Å²) in [6.45, 7) is 7.08. The quantitative estimate of drug-likeness (QED) is 0.735. The van der Waals surface area contributed by atoms with Crippen LogP contribution in [0.2, 0.25) is 0 Å². The van der Waals surface area contributed by atoms with Gasteiger partial charge in [-0.1, -0.05) is 19.3 Å². The number of hydrogen-bond acceptors (Lipinski definition) is 3. The van der Waals surface area contributed by atoms with Crippen molar-refractivity contribution in [3.63, 3.8) is 0 Å². The predicted molar refractivity (Wildman–Crippen MR) is 80.3 cm³/mol. The van der Waals surface area contributed by atoms with Crippen LogP contribution in [0.25, 0.3) is 0 Å². The summed E-state index contributed by atoms with van der Waals surface area (Å²) in [5.41, 5.74) is 6.33. The molecule has 0 spiro atoms. The molecule has 0 aromatic heterocycles. The minimum absolute atomic E-state index is 0.0824. The van der Waals surface area contributed by atoms with E-state index < -0.39 is 0 Å². The van der Waals surface area contributed by atoms with Gasteiger partial charge in [0.05, 0.1) is 11.7 Å². The number of rotatable bonds is 8. The molecule has 1 aliphatic rings. The van der Waals surface area contributed by atoms with Crippen molar-refractivity contribution in [1.29, 1.82) is 0 Å². The van der Waals surface area contributed by atoms with Crippen molar-refractivity contribution in [2.75, 3.05) is 13.7 Å². The second-order valence-electron chi connectivity index (χ2n) is 6.48. The van der Waals surface area contributed by atoms with Gasteiger partial charge in [-0.2, -0.15) is 0 Å². The second kappa shape index (κ2) is 8.23. The first-order chi connectivity index (χ1) is 9.00. The van der Waals surface area contributed by atoms with E-state index in [4.69, 9.17) is 15.2 Å². The molecule has 1 rings (SSSR count). The van der Waals surface area contributed by atoms with Gasteiger partial charge in [0.25, 0.3) is 0 Å². The minimum Gasteiger partial charge on any atom is -0.379 e. The molecule has 0 bridgehead atoms. The third kappa shape index (κ3) is 5.80. The number of hydrogen-bond donors (Lipinski definition) is 1. The molecule has 0 aromatic rings. The van der Waals surface area contributed by atoms with Gasteiger partial charge in [-0.3, -0.25) is 0 Å². The Balaban J connectivity index is 2.49. The standard InChI is InChI=1S/C16H33NO2/c1-5-19-15(13-9-7-6-8-10-13)14(17)11-12-16(2,3)18-4/h13-15H,5-12,17H2,1-4H3. The molecule has 114 valence electrons. The molecule has 0 saturated heterocycles. The first kappa shape index (κ1) is 16.9. The van der Waals surface area contributed by atoms with E-state index in [1.54, 1.807) is 7.11 Å². The summed E-state index contributed by atoms with van der Waals surface area (Å²) in [6, 6.07) is 0.137. The van der Waals surface area contributed by atoms with E-state index in [0.29, 0.717) is 5.92 Å². The molecule has 0 radical (unpaired) electrons. The zero-order valence-corrected chi connectivity index (χ0v) is 13.3. The lowest BCUT2D eigenvalue weighted by molar-refractivity contribution is -0.0239. The van der Waals surface area contributed by atoms with Crippen molar-refractivity contribution in [2.45, 2.75) is 83.5 Å². The lowest BCUT2D eigenvalue weighted by Crippen LogP contribution is -2.44. The monoisotopic (exact) mass is 271 g/mol. The number of methoxy groups -OCH3 is 1. The van der Waals surface area contributed by atoms with Crippen molar-refractivity contribution in [3.05, 3.63) is 0 Å². The van der Waals surface area contributed by atoms with E-state index in [2.05, 4.69) is 20.8 Å². The number of nitrogens with two attached hydrogens (primary N) is 1. The van der Waals surface area contributed by atoms with Gasteiger partial charge in [0.15, 0.2) is 0 Å². The Morgan fingerprint density at radius 1 is 1.21 bits per heavy atom. The number of ether oxygens (including phenoxy) is 2. The Kier molecular flexibility index (Phi) is 7.33. The fraction of sp³-hybridized carbons (Fsp3) is 1.00. The molecule has 2 unspecified atom stereocenters. The van der Waals surface area contributed by atoms with Crippen LogP contribution in [0.1, 0.15) is 65.7 Å². The average molecular weight is 271 g/mol. The van der Waals surface area contributed by atoms with Crippen LogP contribution < -0.4 is 5.73 Å². The SMILES string of the molecule is CCOC(C(N)CCC(C)(C)OC)C1CCCCC1. The highest BCUT2D eigenvalue weighted by Crippen LogP contribution is 2.30. The maximum absolute atomic E-state index is 6.42. The Hall–Kier alpha value is -0.120. The first-order valence-electron chi connectivity index (χ1n) is 7.92. The molecule has 0 aliphatic heterocycles. The van der Waals surface area contributed by atoms with Crippen molar-refractivity contribution in [2.24, 2.45) is 11.7 Å². The largest absolute Gasteiger partial charge is 0.379 e. The maximum Gasteiger partial charge on any atom is 0.0753 e. The van der Waals surface area contributed by atoms with E-state index in [9.17, 15) is 0 Å². The minimum atomic E-state index is -0.0824. The normalized spacial score (nSPS) is 21.3. The van der Waals surface area contributed by atoms with Crippen molar-refractivity contribution >= 4 is 0 Å². The summed E-state index contributed by atoms with van der Waals surface area (Å²) >= 11 is 0. The Bertz CT molecular complexity index is 237. The third-order valence-electron chi connectivity index (χ3n) is 4.53. The molecule has 3 nitrogen and oxygen atoms in total.